The lowest BCUT2D eigenvalue weighted by Gasteiger charge is -2.20. The minimum absolute atomic E-state index is 0.276. The Balaban J connectivity index is 3.14. The molecule has 0 amide bonds. The third-order valence-electron chi connectivity index (χ3n) is 1.68. The molecular weight excluding hydrogens is 247 g/mol. The third kappa shape index (κ3) is 2.19. The van der Waals surface area contributed by atoms with Gasteiger partial charge in [0.1, 0.15) is 0 Å². The van der Waals surface area contributed by atoms with Crippen LogP contribution < -0.4 is 0 Å². The monoisotopic (exact) mass is 260 g/mol. The van der Waals surface area contributed by atoms with Gasteiger partial charge in [-0.3, -0.25) is 0 Å². The van der Waals surface area contributed by atoms with E-state index in [4.69, 9.17) is 0 Å². The highest BCUT2D eigenvalue weighted by Gasteiger charge is 2.15. The molecule has 0 unspecified atom stereocenters. The van der Waals surface area contributed by atoms with E-state index >= 15 is 0 Å². The molecule has 0 nitrogen and oxygen atoms in total. The molecule has 0 saturated carbocycles. The quantitative estimate of drug-likeness (QED) is 0.625. The van der Waals surface area contributed by atoms with E-state index in [-0.39, 0.29) is 5.41 Å². The van der Waals surface area contributed by atoms with E-state index in [0.29, 0.717) is 0 Å². The van der Waals surface area contributed by atoms with Crippen LogP contribution in [0.3, 0.4) is 0 Å². The molecule has 60 valence electrons. The minimum Gasteiger partial charge on any atom is -0.0619 e. The molecule has 0 N–H and O–H groups in total. The van der Waals surface area contributed by atoms with Crippen LogP contribution in [0.5, 0.6) is 0 Å². The largest absolute Gasteiger partial charge is 0.0619 e. The summed E-state index contributed by atoms with van der Waals surface area (Å²) in [4.78, 5) is 0. The summed E-state index contributed by atoms with van der Waals surface area (Å²) in [6.45, 7) is 6.72. The predicted octanol–water partition coefficient (Wildman–Crippen LogP) is 3.59. The fourth-order valence-electron chi connectivity index (χ4n) is 1.07. The summed E-state index contributed by atoms with van der Waals surface area (Å²) in [5.41, 5.74) is 1.71. The molecule has 0 atom stereocenters. The number of halogens is 1. The van der Waals surface area contributed by atoms with Crippen LogP contribution in [0.4, 0.5) is 0 Å². The van der Waals surface area contributed by atoms with Gasteiger partial charge in [-0.1, -0.05) is 39.0 Å². The highest BCUT2D eigenvalue weighted by molar-refractivity contribution is 14.1. The lowest BCUT2D eigenvalue weighted by atomic mass is 9.87. The Morgan fingerprint density at radius 1 is 1.09 bits per heavy atom. The number of hydrogen-bond acceptors (Lipinski definition) is 0. The van der Waals surface area contributed by atoms with Gasteiger partial charge >= 0.3 is 0 Å². The van der Waals surface area contributed by atoms with E-state index in [9.17, 15) is 0 Å². The molecule has 0 aliphatic carbocycles. The van der Waals surface area contributed by atoms with Gasteiger partial charge in [0.25, 0.3) is 0 Å². The Morgan fingerprint density at radius 2 is 1.64 bits per heavy atom. The van der Waals surface area contributed by atoms with Crippen LogP contribution in [0.2, 0.25) is 0 Å². The molecule has 1 aromatic rings. The summed E-state index contributed by atoms with van der Waals surface area (Å²) >= 11 is 2.39. The van der Waals surface area contributed by atoms with Gasteiger partial charge in [0.05, 0.1) is 0 Å². The molecule has 0 bridgehead atoms. The zero-order chi connectivity index (χ0) is 8.48. The standard InChI is InChI=1S/C10H13I/c1-10(2,3)8-6-4-5-7-9(8)11/h4-7H,1-3H3. The summed E-state index contributed by atoms with van der Waals surface area (Å²) in [6.07, 6.45) is 0. The van der Waals surface area contributed by atoms with Crippen LogP contribution in [-0.4, -0.2) is 0 Å². The highest BCUT2D eigenvalue weighted by Crippen LogP contribution is 2.26. The average Bonchev–Trinajstić information content (AvgIpc) is 1.86. The normalized spacial score (nSPS) is 11.6. The second-order valence-electron chi connectivity index (χ2n) is 3.73. The van der Waals surface area contributed by atoms with E-state index in [2.05, 4.69) is 67.6 Å². The van der Waals surface area contributed by atoms with E-state index in [1.807, 2.05) is 0 Å². The fraction of sp³-hybridized carbons (Fsp3) is 0.400. The first-order valence-electron chi connectivity index (χ1n) is 3.77. The molecule has 0 saturated heterocycles. The minimum atomic E-state index is 0.276. The van der Waals surface area contributed by atoms with Crippen molar-refractivity contribution in [2.24, 2.45) is 0 Å². The van der Waals surface area contributed by atoms with Crippen LogP contribution >= 0.6 is 22.6 Å². The number of benzene rings is 1. The van der Waals surface area contributed by atoms with Gasteiger partial charge in [0.2, 0.25) is 0 Å². The molecule has 1 rings (SSSR count). The molecular formula is C10H13I. The molecule has 1 heteroatoms. The molecule has 0 spiro atoms. The predicted molar refractivity (Wildman–Crippen MR) is 57.9 cm³/mol. The first-order valence-corrected chi connectivity index (χ1v) is 4.85. The molecule has 11 heavy (non-hydrogen) atoms. The molecule has 1 aromatic carbocycles. The second-order valence-corrected chi connectivity index (χ2v) is 4.89. The molecule has 0 fully saturated rings. The summed E-state index contributed by atoms with van der Waals surface area (Å²) in [5, 5.41) is 0. The first-order chi connectivity index (χ1) is 5.02. The molecule has 0 aromatic heterocycles. The van der Waals surface area contributed by atoms with E-state index in [1.54, 1.807) is 0 Å². The van der Waals surface area contributed by atoms with Crippen LogP contribution in [0.15, 0.2) is 24.3 Å². The summed E-state index contributed by atoms with van der Waals surface area (Å²) in [7, 11) is 0. The van der Waals surface area contributed by atoms with Crippen molar-refractivity contribution in [2.75, 3.05) is 0 Å². The van der Waals surface area contributed by atoms with Crippen LogP contribution in [0, 0.1) is 3.57 Å². The van der Waals surface area contributed by atoms with Crippen LogP contribution in [-0.2, 0) is 5.41 Å². The summed E-state index contributed by atoms with van der Waals surface area (Å²) in [6, 6.07) is 8.53. The summed E-state index contributed by atoms with van der Waals surface area (Å²) in [5.74, 6) is 0. The van der Waals surface area contributed by atoms with E-state index < -0.39 is 0 Å². The van der Waals surface area contributed by atoms with Crippen LogP contribution in [0.1, 0.15) is 26.3 Å². The van der Waals surface area contributed by atoms with Gasteiger partial charge in [-0.15, -0.1) is 0 Å². The molecule has 0 aliphatic heterocycles. The summed E-state index contributed by atoms with van der Waals surface area (Å²) < 4.78 is 1.36. The van der Waals surface area contributed by atoms with E-state index in [1.165, 1.54) is 9.13 Å². The van der Waals surface area contributed by atoms with Crippen molar-refractivity contribution in [1.82, 2.24) is 0 Å². The Bertz CT molecular complexity index is 245. The zero-order valence-corrected chi connectivity index (χ0v) is 9.34. The lowest BCUT2D eigenvalue weighted by Crippen LogP contribution is -2.12. The van der Waals surface area contributed by atoms with Crippen molar-refractivity contribution < 1.29 is 0 Å². The topological polar surface area (TPSA) is 0 Å². The van der Waals surface area contributed by atoms with Gasteiger partial charge in [-0.05, 0) is 39.6 Å². The maximum atomic E-state index is 2.39. The SMILES string of the molecule is CC(C)(C)c1ccccc1I. The van der Waals surface area contributed by atoms with Gasteiger partial charge in [0.15, 0.2) is 0 Å². The first kappa shape index (κ1) is 9.04. The van der Waals surface area contributed by atoms with Crippen molar-refractivity contribution in [1.29, 1.82) is 0 Å². The maximum Gasteiger partial charge on any atom is 0.0167 e. The van der Waals surface area contributed by atoms with Gasteiger partial charge in [0, 0.05) is 3.57 Å². The Hall–Kier alpha value is -0.0500. The van der Waals surface area contributed by atoms with Crippen molar-refractivity contribution in [3.8, 4) is 0 Å². The fourth-order valence-corrected chi connectivity index (χ4v) is 2.27. The highest BCUT2D eigenvalue weighted by atomic mass is 127. The Kier molecular flexibility index (Phi) is 2.58. The number of rotatable bonds is 0. The average molecular weight is 260 g/mol. The van der Waals surface area contributed by atoms with Gasteiger partial charge in [-0.25, -0.2) is 0 Å². The third-order valence-corrected chi connectivity index (χ3v) is 2.62. The Morgan fingerprint density at radius 3 is 2.00 bits per heavy atom. The van der Waals surface area contributed by atoms with Crippen molar-refractivity contribution in [3.05, 3.63) is 33.4 Å². The van der Waals surface area contributed by atoms with E-state index in [0.717, 1.165) is 0 Å². The lowest BCUT2D eigenvalue weighted by molar-refractivity contribution is 0.587. The zero-order valence-electron chi connectivity index (χ0n) is 7.19. The van der Waals surface area contributed by atoms with Gasteiger partial charge in [-0.2, -0.15) is 0 Å². The smallest absolute Gasteiger partial charge is 0.0167 e. The molecule has 0 heterocycles. The van der Waals surface area contributed by atoms with Crippen molar-refractivity contribution >= 4 is 22.6 Å². The van der Waals surface area contributed by atoms with Crippen LogP contribution in [0.25, 0.3) is 0 Å². The van der Waals surface area contributed by atoms with Crippen molar-refractivity contribution in [2.45, 2.75) is 26.2 Å². The number of hydrogen-bond donors (Lipinski definition) is 0. The van der Waals surface area contributed by atoms with Crippen molar-refractivity contribution in [3.63, 3.8) is 0 Å². The molecule has 0 aliphatic rings. The maximum absolute atomic E-state index is 2.39. The Labute approximate surface area is 82.2 Å². The second kappa shape index (κ2) is 3.13. The molecule has 0 radical (unpaired) electrons. The van der Waals surface area contributed by atoms with Gasteiger partial charge < -0.3 is 0 Å².